The number of unbranched alkanes of at least 4 members (excludes halogenated alkanes) is 1. The highest BCUT2D eigenvalue weighted by molar-refractivity contribution is 5.96. The Morgan fingerprint density at radius 3 is 2.40 bits per heavy atom. The lowest BCUT2D eigenvalue weighted by Gasteiger charge is -2.14. The Kier molecular flexibility index (Phi) is 5.73. The predicted octanol–water partition coefficient (Wildman–Crippen LogP) is 2.18. The van der Waals surface area contributed by atoms with Crippen molar-refractivity contribution in [2.45, 2.75) is 39.2 Å². The third kappa shape index (κ3) is 4.73. The second-order valence-corrected chi connectivity index (χ2v) is 4.79. The van der Waals surface area contributed by atoms with Crippen molar-refractivity contribution in [1.82, 2.24) is 5.32 Å². The molecule has 5 nitrogen and oxygen atoms in total. The molecule has 1 aromatic carbocycles. The Labute approximate surface area is 118 Å². The van der Waals surface area contributed by atoms with E-state index in [1.807, 2.05) is 26.0 Å². The average Bonchev–Trinajstić information content (AvgIpc) is 2.36. The summed E-state index contributed by atoms with van der Waals surface area (Å²) >= 11 is 0. The second kappa shape index (κ2) is 7.29. The predicted molar refractivity (Wildman–Crippen MR) is 74.3 cm³/mol. The van der Waals surface area contributed by atoms with Crippen molar-refractivity contribution in [3.05, 3.63) is 34.9 Å². The van der Waals surface area contributed by atoms with Gasteiger partial charge in [0.05, 0.1) is 6.07 Å². The number of rotatable bonds is 6. The molecule has 106 valence electrons. The van der Waals surface area contributed by atoms with Crippen LogP contribution in [0.5, 0.6) is 0 Å². The molecule has 1 rings (SSSR count). The molecule has 0 spiro atoms. The van der Waals surface area contributed by atoms with Crippen LogP contribution in [0.25, 0.3) is 0 Å². The highest BCUT2D eigenvalue weighted by Crippen LogP contribution is 2.10. The van der Waals surface area contributed by atoms with Gasteiger partial charge in [-0.3, -0.25) is 4.79 Å². The number of benzene rings is 1. The molecule has 20 heavy (non-hydrogen) atoms. The molecule has 0 bridgehead atoms. The van der Waals surface area contributed by atoms with E-state index < -0.39 is 17.9 Å². The fourth-order valence-electron chi connectivity index (χ4n) is 1.99. The number of carboxylic acid groups (broad SMARTS) is 1. The molecule has 0 unspecified atom stereocenters. The highest BCUT2D eigenvalue weighted by atomic mass is 16.4. The Hall–Kier alpha value is -2.35. The molecule has 0 aliphatic rings. The Morgan fingerprint density at radius 1 is 1.30 bits per heavy atom. The van der Waals surface area contributed by atoms with Crippen molar-refractivity contribution in [3.8, 4) is 6.07 Å². The first-order valence-electron chi connectivity index (χ1n) is 6.43. The number of hydrogen-bond donors (Lipinski definition) is 2. The number of nitriles is 1. The van der Waals surface area contributed by atoms with E-state index in [4.69, 9.17) is 10.4 Å². The van der Waals surface area contributed by atoms with Gasteiger partial charge in [-0.05, 0) is 38.8 Å². The quantitative estimate of drug-likeness (QED) is 0.778. The third-order valence-corrected chi connectivity index (χ3v) is 2.87. The third-order valence-electron chi connectivity index (χ3n) is 2.87. The zero-order valence-electron chi connectivity index (χ0n) is 11.6. The van der Waals surface area contributed by atoms with Crippen LogP contribution < -0.4 is 5.32 Å². The highest BCUT2D eigenvalue weighted by Gasteiger charge is 2.20. The Balaban J connectivity index is 2.75. The van der Waals surface area contributed by atoms with Gasteiger partial charge in [0.25, 0.3) is 5.91 Å². The van der Waals surface area contributed by atoms with Crippen LogP contribution >= 0.6 is 0 Å². The SMILES string of the molecule is Cc1cc(C)cc(C(=O)N[C@@H](CCCC#N)C(=O)O)c1. The minimum absolute atomic E-state index is 0.249. The number of carbonyl (C=O) groups excluding carboxylic acids is 1. The molecule has 0 saturated heterocycles. The lowest BCUT2D eigenvalue weighted by atomic mass is 10.1. The van der Waals surface area contributed by atoms with E-state index in [0.717, 1.165) is 11.1 Å². The van der Waals surface area contributed by atoms with Crippen LogP contribution in [0.3, 0.4) is 0 Å². The largest absolute Gasteiger partial charge is 0.480 e. The fourth-order valence-corrected chi connectivity index (χ4v) is 1.99. The summed E-state index contributed by atoms with van der Waals surface area (Å²) in [5.41, 5.74) is 2.35. The molecule has 2 N–H and O–H groups in total. The van der Waals surface area contributed by atoms with Gasteiger partial charge in [0, 0.05) is 12.0 Å². The molecule has 0 radical (unpaired) electrons. The summed E-state index contributed by atoms with van der Waals surface area (Å²) in [5, 5.41) is 20.0. The first-order chi connectivity index (χ1) is 9.43. The first kappa shape index (κ1) is 15.7. The Morgan fingerprint density at radius 2 is 1.90 bits per heavy atom. The van der Waals surface area contributed by atoms with Crippen LogP contribution in [-0.4, -0.2) is 23.0 Å². The summed E-state index contributed by atoms with van der Waals surface area (Å²) in [6.07, 6.45) is 0.975. The van der Waals surface area contributed by atoms with Crippen molar-refractivity contribution in [2.24, 2.45) is 0 Å². The van der Waals surface area contributed by atoms with E-state index in [-0.39, 0.29) is 12.8 Å². The minimum atomic E-state index is -1.08. The molecule has 0 aromatic heterocycles. The lowest BCUT2D eigenvalue weighted by molar-refractivity contribution is -0.139. The molecule has 0 aliphatic heterocycles. The maximum absolute atomic E-state index is 12.1. The van der Waals surface area contributed by atoms with Crippen LogP contribution in [0.2, 0.25) is 0 Å². The lowest BCUT2D eigenvalue weighted by Crippen LogP contribution is -2.40. The van der Waals surface area contributed by atoms with E-state index in [2.05, 4.69) is 5.32 Å². The number of carboxylic acids is 1. The van der Waals surface area contributed by atoms with Gasteiger partial charge < -0.3 is 10.4 Å². The summed E-state index contributed by atoms with van der Waals surface area (Å²) in [6, 6.07) is 6.38. The number of hydrogen-bond acceptors (Lipinski definition) is 3. The number of carbonyl (C=O) groups is 2. The maximum Gasteiger partial charge on any atom is 0.326 e. The number of amides is 1. The summed E-state index contributed by atoms with van der Waals surface area (Å²) in [4.78, 5) is 23.2. The fraction of sp³-hybridized carbons (Fsp3) is 0.400. The maximum atomic E-state index is 12.1. The number of aliphatic carboxylic acids is 1. The summed E-state index contributed by atoms with van der Waals surface area (Å²) in [6.45, 7) is 3.76. The molecule has 1 atom stereocenters. The van der Waals surface area contributed by atoms with Gasteiger partial charge in [-0.25, -0.2) is 4.79 Å². The van der Waals surface area contributed by atoms with Gasteiger partial charge in [0.1, 0.15) is 6.04 Å². The topological polar surface area (TPSA) is 90.2 Å². The standard InChI is InChI=1S/C15H18N2O3/c1-10-7-11(2)9-12(8-10)14(18)17-13(15(19)20)5-3-4-6-16/h7-9,13H,3-5H2,1-2H3,(H,17,18)(H,19,20)/t13-/m0/s1. The van der Waals surface area contributed by atoms with Crippen LogP contribution in [0, 0.1) is 25.2 Å². The molecule has 5 heteroatoms. The normalized spacial score (nSPS) is 11.4. The molecular weight excluding hydrogens is 256 g/mol. The van der Waals surface area contributed by atoms with Crippen molar-refractivity contribution in [1.29, 1.82) is 5.26 Å². The van der Waals surface area contributed by atoms with Gasteiger partial charge >= 0.3 is 5.97 Å². The van der Waals surface area contributed by atoms with Gasteiger partial charge in [0.2, 0.25) is 0 Å². The summed E-state index contributed by atoms with van der Waals surface area (Å²) in [7, 11) is 0. The number of nitrogens with one attached hydrogen (secondary N) is 1. The molecule has 0 fully saturated rings. The van der Waals surface area contributed by atoms with Gasteiger partial charge in [-0.15, -0.1) is 0 Å². The monoisotopic (exact) mass is 274 g/mol. The second-order valence-electron chi connectivity index (χ2n) is 4.79. The summed E-state index contributed by atoms with van der Waals surface area (Å²) in [5.74, 6) is -1.48. The van der Waals surface area contributed by atoms with Crippen molar-refractivity contribution in [2.75, 3.05) is 0 Å². The van der Waals surface area contributed by atoms with E-state index >= 15 is 0 Å². The van der Waals surface area contributed by atoms with Crippen molar-refractivity contribution < 1.29 is 14.7 Å². The number of aryl methyl sites for hydroxylation is 2. The molecule has 1 aromatic rings. The molecule has 1 amide bonds. The first-order valence-corrected chi connectivity index (χ1v) is 6.43. The van der Waals surface area contributed by atoms with E-state index in [9.17, 15) is 9.59 Å². The van der Waals surface area contributed by atoms with Crippen molar-refractivity contribution >= 4 is 11.9 Å². The Bertz CT molecular complexity index is 526. The van der Waals surface area contributed by atoms with Gasteiger partial charge in [0.15, 0.2) is 0 Å². The molecule has 0 aliphatic carbocycles. The number of nitrogens with zero attached hydrogens (tertiary/aromatic N) is 1. The summed E-state index contributed by atoms with van der Waals surface area (Å²) < 4.78 is 0. The zero-order chi connectivity index (χ0) is 15.1. The van der Waals surface area contributed by atoms with Crippen molar-refractivity contribution in [3.63, 3.8) is 0 Å². The van der Waals surface area contributed by atoms with Gasteiger partial charge in [-0.1, -0.05) is 17.2 Å². The molecule has 0 heterocycles. The minimum Gasteiger partial charge on any atom is -0.480 e. The van der Waals surface area contributed by atoms with Crippen LogP contribution in [0.15, 0.2) is 18.2 Å². The average molecular weight is 274 g/mol. The zero-order valence-corrected chi connectivity index (χ0v) is 11.6. The van der Waals surface area contributed by atoms with E-state index in [1.54, 1.807) is 12.1 Å². The van der Waals surface area contributed by atoms with Crippen LogP contribution in [-0.2, 0) is 4.79 Å². The smallest absolute Gasteiger partial charge is 0.326 e. The molecular formula is C15H18N2O3. The van der Waals surface area contributed by atoms with Gasteiger partial charge in [-0.2, -0.15) is 5.26 Å². The van der Waals surface area contributed by atoms with Crippen LogP contribution in [0.1, 0.15) is 40.7 Å². The molecule has 0 saturated carbocycles. The van der Waals surface area contributed by atoms with E-state index in [1.165, 1.54) is 0 Å². The van der Waals surface area contributed by atoms with E-state index in [0.29, 0.717) is 12.0 Å². The van der Waals surface area contributed by atoms with Crippen LogP contribution in [0.4, 0.5) is 0 Å².